The Labute approximate surface area is 113 Å². The van der Waals surface area contributed by atoms with Crippen molar-refractivity contribution in [3.05, 3.63) is 41.2 Å². The fourth-order valence-corrected chi connectivity index (χ4v) is 1.99. The second kappa shape index (κ2) is 5.80. The molecule has 0 aliphatic carbocycles. The van der Waals surface area contributed by atoms with Crippen LogP contribution in [0.4, 0.5) is 5.95 Å². The Morgan fingerprint density at radius 3 is 2.37 bits per heavy atom. The molecule has 0 atom stereocenters. The van der Waals surface area contributed by atoms with Crippen LogP contribution in [-0.4, -0.2) is 28.2 Å². The van der Waals surface area contributed by atoms with Gasteiger partial charge in [0.2, 0.25) is 5.95 Å². The van der Waals surface area contributed by atoms with Gasteiger partial charge in [-0.2, -0.15) is 0 Å². The van der Waals surface area contributed by atoms with E-state index in [2.05, 4.69) is 48.2 Å². The predicted molar refractivity (Wildman–Crippen MR) is 77.3 cm³/mol. The molecular formula is C15H19N3O. The minimum absolute atomic E-state index is 0.0708. The van der Waals surface area contributed by atoms with Crippen molar-refractivity contribution in [1.82, 2.24) is 9.97 Å². The number of aliphatic hydroxyl groups excluding tert-OH is 1. The lowest BCUT2D eigenvalue weighted by molar-refractivity contribution is 0.311. The molecule has 0 saturated carbocycles. The molecule has 4 heteroatoms. The van der Waals surface area contributed by atoms with E-state index in [1.807, 2.05) is 12.4 Å². The van der Waals surface area contributed by atoms with Gasteiger partial charge in [-0.25, -0.2) is 9.97 Å². The summed E-state index contributed by atoms with van der Waals surface area (Å²) in [4.78, 5) is 8.50. The molecule has 0 unspecified atom stereocenters. The maximum Gasteiger partial charge on any atom is 0.222 e. The molecule has 1 heterocycles. The summed E-state index contributed by atoms with van der Waals surface area (Å²) in [5.74, 6) is 0.541. The molecule has 1 aromatic carbocycles. The number of aryl methyl sites for hydroxylation is 1. The molecule has 1 aromatic heterocycles. The second-order valence-electron chi connectivity index (χ2n) is 4.63. The SMILES string of the molecule is Cc1ccc(-c2cnc(NCCO)nc2)c(C)c1C. The highest BCUT2D eigenvalue weighted by Crippen LogP contribution is 2.26. The molecule has 2 aromatic rings. The van der Waals surface area contributed by atoms with Gasteiger partial charge in [0.25, 0.3) is 0 Å². The van der Waals surface area contributed by atoms with Crippen molar-refractivity contribution in [2.24, 2.45) is 0 Å². The van der Waals surface area contributed by atoms with Gasteiger partial charge in [0.05, 0.1) is 6.61 Å². The van der Waals surface area contributed by atoms with Crippen molar-refractivity contribution in [3.8, 4) is 11.1 Å². The number of aliphatic hydroxyl groups is 1. The van der Waals surface area contributed by atoms with Gasteiger partial charge in [-0.3, -0.25) is 0 Å². The average Bonchev–Trinajstić information content (AvgIpc) is 2.44. The highest BCUT2D eigenvalue weighted by Gasteiger charge is 2.07. The number of rotatable bonds is 4. The summed E-state index contributed by atoms with van der Waals surface area (Å²) in [6, 6.07) is 4.23. The van der Waals surface area contributed by atoms with Gasteiger partial charge in [-0.1, -0.05) is 12.1 Å². The van der Waals surface area contributed by atoms with Gasteiger partial charge in [0, 0.05) is 24.5 Å². The highest BCUT2D eigenvalue weighted by atomic mass is 16.3. The van der Waals surface area contributed by atoms with Gasteiger partial charge < -0.3 is 10.4 Å². The summed E-state index contributed by atoms with van der Waals surface area (Å²) < 4.78 is 0. The van der Waals surface area contributed by atoms with E-state index in [-0.39, 0.29) is 6.61 Å². The lowest BCUT2D eigenvalue weighted by Crippen LogP contribution is -2.08. The molecule has 0 aliphatic rings. The van der Waals surface area contributed by atoms with Crippen molar-refractivity contribution < 1.29 is 5.11 Å². The van der Waals surface area contributed by atoms with Gasteiger partial charge in [0.15, 0.2) is 0 Å². The van der Waals surface area contributed by atoms with Crippen LogP contribution in [0.15, 0.2) is 24.5 Å². The molecule has 0 spiro atoms. The van der Waals surface area contributed by atoms with E-state index in [1.165, 1.54) is 16.7 Å². The molecule has 0 radical (unpaired) electrons. The number of aromatic nitrogens is 2. The monoisotopic (exact) mass is 257 g/mol. The maximum atomic E-state index is 8.74. The lowest BCUT2D eigenvalue weighted by Gasteiger charge is -2.11. The summed E-state index contributed by atoms with van der Waals surface area (Å²) in [5.41, 5.74) is 6.04. The van der Waals surface area contributed by atoms with Gasteiger partial charge in [-0.05, 0) is 43.0 Å². The summed E-state index contributed by atoms with van der Waals surface area (Å²) in [5, 5.41) is 11.7. The first-order valence-electron chi connectivity index (χ1n) is 6.37. The maximum absolute atomic E-state index is 8.74. The first-order valence-corrected chi connectivity index (χ1v) is 6.37. The Balaban J connectivity index is 2.30. The summed E-state index contributed by atoms with van der Waals surface area (Å²) in [6.07, 6.45) is 3.62. The quantitative estimate of drug-likeness (QED) is 0.883. The molecule has 19 heavy (non-hydrogen) atoms. The molecule has 0 amide bonds. The van der Waals surface area contributed by atoms with E-state index in [0.717, 1.165) is 11.1 Å². The van der Waals surface area contributed by atoms with Crippen LogP contribution in [0.2, 0.25) is 0 Å². The number of anilines is 1. The second-order valence-corrected chi connectivity index (χ2v) is 4.63. The summed E-state index contributed by atoms with van der Waals surface area (Å²) >= 11 is 0. The van der Waals surface area contributed by atoms with Gasteiger partial charge >= 0.3 is 0 Å². The molecular weight excluding hydrogens is 238 g/mol. The first-order chi connectivity index (χ1) is 9.13. The molecule has 2 N–H and O–H groups in total. The van der Waals surface area contributed by atoms with E-state index < -0.39 is 0 Å². The number of nitrogens with one attached hydrogen (secondary N) is 1. The number of benzene rings is 1. The Bertz CT molecular complexity index is 564. The van der Waals surface area contributed by atoms with Crippen LogP contribution in [0.3, 0.4) is 0 Å². The molecule has 0 fully saturated rings. The van der Waals surface area contributed by atoms with Crippen LogP contribution in [0.5, 0.6) is 0 Å². The van der Waals surface area contributed by atoms with Crippen molar-refractivity contribution in [3.63, 3.8) is 0 Å². The van der Waals surface area contributed by atoms with Gasteiger partial charge in [0.1, 0.15) is 0 Å². The topological polar surface area (TPSA) is 58.0 Å². The first kappa shape index (κ1) is 13.5. The van der Waals surface area contributed by atoms with Crippen molar-refractivity contribution >= 4 is 5.95 Å². The fraction of sp³-hybridized carbons (Fsp3) is 0.333. The zero-order chi connectivity index (χ0) is 13.8. The van der Waals surface area contributed by atoms with Gasteiger partial charge in [-0.15, -0.1) is 0 Å². The predicted octanol–water partition coefficient (Wildman–Crippen LogP) is 2.47. The van der Waals surface area contributed by atoms with Crippen molar-refractivity contribution in [2.75, 3.05) is 18.5 Å². The zero-order valence-electron chi connectivity index (χ0n) is 11.6. The van der Waals surface area contributed by atoms with E-state index >= 15 is 0 Å². The summed E-state index contributed by atoms with van der Waals surface area (Å²) in [6.45, 7) is 6.90. The molecule has 0 bridgehead atoms. The Morgan fingerprint density at radius 1 is 1.05 bits per heavy atom. The van der Waals surface area contributed by atoms with E-state index in [9.17, 15) is 0 Å². The molecule has 4 nitrogen and oxygen atoms in total. The van der Waals surface area contributed by atoms with Crippen LogP contribution < -0.4 is 5.32 Å². The number of hydrogen-bond acceptors (Lipinski definition) is 4. The van der Waals surface area contributed by atoms with Crippen LogP contribution in [0.1, 0.15) is 16.7 Å². The summed E-state index contributed by atoms with van der Waals surface area (Å²) in [7, 11) is 0. The van der Waals surface area contributed by atoms with E-state index in [4.69, 9.17) is 5.11 Å². The fourth-order valence-electron chi connectivity index (χ4n) is 1.99. The number of nitrogens with zero attached hydrogens (tertiary/aromatic N) is 2. The third-order valence-electron chi connectivity index (χ3n) is 3.42. The minimum atomic E-state index is 0.0708. The van der Waals surface area contributed by atoms with Crippen LogP contribution in [0.25, 0.3) is 11.1 Å². The molecule has 0 saturated heterocycles. The van der Waals surface area contributed by atoms with Crippen LogP contribution in [-0.2, 0) is 0 Å². The van der Waals surface area contributed by atoms with Crippen LogP contribution >= 0.6 is 0 Å². The van der Waals surface area contributed by atoms with E-state index in [0.29, 0.717) is 12.5 Å². The zero-order valence-corrected chi connectivity index (χ0v) is 11.6. The standard InChI is InChI=1S/C15H19N3O/c1-10-4-5-14(12(3)11(10)2)13-8-17-15(18-9-13)16-6-7-19/h4-5,8-9,19H,6-7H2,1-3H3,(H,16,17,18). The smallest absolute Gasteiger partial charge is 0.222 e. The Kier molecular flexibility index (Phi) is 4.12. The Morgan fingerprint density at radius 2 is 1.74 bits per heavy atom. The molecule has 0 aliphatic heterocycles. The van der Waals surface area contributed by atoms with Crippen LogP contribution in [0, 0.1) is 20.8 Å². The largest absolute Gasteiger partial charge is 0.395 e. The number of hydrogen-bond donors (Lipinski definition) is 2. The minimum Gasteiger partial charge on any atom is -0.395 e. The van der Waals surface area contributed by atoms with Crippen molar-refractivity contribution in [2.45, 2.75) is 20.8 Å². The van der Waals surface area contributed by atoms with E-state index in [1.54, 1.807) is 0 Å². The molecule has 100 valence electrons. The third-order valence-corrected chi connectivity index (χ3v) is 3.42. The normalized spacial score (nSPS) is 10.5. The lowest BCUT2D eigenvalue weighted by atomic mass is 9.96. The third kappa shape index (κ3) is 2.90. The van der Waals surface area contributed by atoms with Crippen molar-refractivity contribution in [1.29, 1.82) is 0 Å². The highest BCUT2D eigenvalue weighted by molar-refractivity contribution is 5.68. The average molecular weight is 257 g/mol. The Hall–Kier alpha value is -1.94. The molecule has 2 rings (SSSR count).